The van der Waals surface area contributed by atoms with Crippen LogP contribution in [0.2, 0.25) is 5.02 Å². The molecule has 3 atom stereocenters. The number of hydrogen-bond acceptors (Lipinski definition) is 7. The van der Waals surface area contributed by atoms with Gasteiger partial charge in [-0.1, -0.05) is 30.7 Å². The average molecular weight is 500 g/mol. The van der Waals surface area contributed by atoms with Crippen molar-refractivity contribution in [2.75, 3.05) is 50.8 Å². The van der Waals surface area contributed by atoms with E-state index in [-0.39, 0.29) is 17.7 Å². The first-order valence-electron chi connectivity index (χ1n) is 12.6. The van der Waals surface area contributed by atoms with Crippen molar-refractivity contribution in [2.45, 2.75) is 50.2 Å². The van der Waals surface area contributed by atoms with Crippen molar-refractivity contribution in [3.8, 4) is 0 Å². The molecule has 1 aromatic carbocycles. The van der Waals surface area contributed by atoms with Crippen LogP contribution in [0.3, 0.4) is 0 Å². The highest BCUT2D eigenvalue weighted by Gasteiger charge is 2.35. The van der Waals surface area contributed by atoms with Gasteiger partial charge in [0.15, 0.2) is 0 Å². The molecule has 5 rings (SSSR count). The summed E-state index contributed by atoms with van der Waals surface area (Å²) in [4.78, 5) is 26.8. The Morgan fingerprint density at radius 2 is 1.89 bits per heavy atom. The van der Waals surface area contributed by atoms with Crippen LogP contribution in [0.5, 0.6) is 0 Å². The lowest BCUT2D eigenvalue weighted by atomic mass is 9.96. The number of halogens is 1. The van der Waals surface area contributed by atoms with Crippen LogP contribution in [0.1, 0.15) is 60.9 Å². The van der Waals surface area contributed by atoms with Crippen molar-refractivity contribution in [1.29, 1.82) is 0 Å². The van der Waals surface area contributed by atoms with Crippen LogP contribution in [0, 0.1) is 0 Å². The summed E-state index contributed by atoms with van der Waals surface area (Å²) in [6.45, 7) is 6.93. The van der Waals surface area contributed by atoms with Crippen molar-refractivity contribution < 1.29 is 14.6 Å². The van der Waals surface area contributed by atoms with Crippen LogP contribution in [-0.4, -0.2) is 77.9 Å². The number of aliphatic hydroxyl groups excluding tert-OH is 1. The third-order valence-electron chi connectivity index (χ3n) is 7.57. The second kappa shape index (κ2) is 10.8. The number of aliphatic hydroxyl groups is 1. The van der Waals surface area contributed by atoms with Crippen LogP contribution in [-0.2, 0) is 9.53 Å². The first-order valence-corrected chi connectivity index (χ1v) is 13.0. The lowest BCUT2D eigenvalue weighted by Gasteiger charge is -2.38. The summed E-state index contributed by atoms with van der Waals surface area (Å²) in [5, 5.41) is 14.6. The summed E-state index contributed by atoms with van der Waals surface area (Å²) in [7, 11) is 0. The van der Waals surface area contributed by atoms with E-state index >= 15 is 0 Å². The topological polar surface area (TPSA) is 90.8 Å². The van der Waals surface area contributed by atoms with Gasteiger partial charge in [-0.05, 0) is 42.9 Å². The molecule has 0 radical (unpaired) electrons. The average Bonchev–Trinajstić information content (AvgIpc) is 3.19. The van der Waals surface area contributed by atoms with Crippen LogP contribution in [0.15, 0.2) is 30.6 Å². The number of rotatable bonds is 6. The highest BCUT2D eigenvalue weighted by molar-refractivity contribution is 6.30. The monoisotopic (exact) mass is 499 g/mol. The molecule has 1 amide bonds. The van der Waals surface area contributed by atoms with Crippen molar-refractivity contribution >= 4 is 23.3 Å². The molecule has 2 aromatic rings. The third kappa shape index (κ3) is 5.31. The Morgan fingerprint density at radius 3 is 2.60 bits per heavy atom. The second-order valence-electron chi connectivity index (χ2n) is 9.86. The molecule has 1 aromatic heterocycles. The maximum atomic E-state index is 13.7. The van der Waals surface area contributed by atoms with Crippen LogP contribution >= 0.6 is 11.6 Å². The molecule has 35 heavy (non-hydrogen) atoms. The number of piperazine rings is 1. The van der Waals surface area contributed by atoms with Crippen molar-refractivity contribution in [1.82, 2.24) is 20.2 Å². The molecule has 0 saturated carbocycles. The summed E-state index contributed by atoms with van der Waals surface area (Å²) >= 11 is 6.12. The first-order chi connectivity index (χ1) is 17.0. The van der Waals surface area contributed by atoms with Crippen LogP contribution < -0.4 is 10.2 Å². The molecule has 2 saturated heterocycles. The fraction of sp³-hybridized carbons (Fsp3) is 0.577. The van der Waals surface area contributed by atoms with Gasteiger partial charge in [0, 0.05) is 62.6 Å². The van der Waals surface area contributed by atoms with Gasteiger partial charge in [-0.2, -0.15) is 0 Å². The molecule has 0 unspecified atom stereocenters. The van der Waals surface area contributed by atoms with E-state index in [0.717, 1.165) is 48.7 Å². The van der Waals surface area contributed by atoms with E-state index in [2.05, 4.69) is 27.1 Å². The zero-order chi connectivity index (χ0) is 24.4. The van der Waals surface area contributed by atoms with Gasteiger partial charge in [0.1, 0.15) is 12.1 Å². The number of aromatic nitrogens is 2. The van der Waals surface area contributed by atoms with E-state index in [9.17, 15) is 9.90 Å². The predicted molar refractivity (Wildman–Crippen MR) is 135 cm³/mol. The Morgan fingerprint density at radius 1 is 1.17 bits per heavy atom. The zero-order valence-electron chi connectivity index (χ0n) is 20.2. The number of amides is 1. The lowest BCUT2D eigenvalue weighted by molar-refractivity contribution is -0.133. The van der Waals surface area contributed by atoms with Gasteiger partial charge in [0.25, 0.3) is 0 Å². The Labute approximate surface area is 211 Å². The number of nitrogens with zero attached hydrogens (tertiary/aromatic N) is 4. The SMILES string of the molecule is C[C@@H]1C[C@H](O)c2ncnc(N3CCN(C(=O)[C@H](CNC4CCOCC4)c4ccc(Cl)cc4)CC3)c21. The minimum atomic E-state index is -0.520. The quantitative estimate of drug-likeness (QED) is 0.631. The number of carbonyl (C=O) groups is 1. The number of ether oxygens (including phenoxy) is 1. The number of carbonyl (C=O) groups excluding carboxylic acids is 1. The summed E-state index contributed by atoms with van der Waals surface area (Å²) in [6, 6.07) is 8.01. The molecule has 8 nitrogen and oxygen atoms in total. The molecule has 3 aliphatic rings. The van der Waals surface area contributed by atoms with Crippen molar-refractivity contribution in [3.05, 3.63) is 52.4 Å². The molecule has 9 heteroatoms. The van der Waals surface area contributed by atoms with Crippen LogP contribution in [0.25, 0.3) is 0 Å². The standard InChI is InChI=1S/C26H34ClN5O3/c1-17-14-22(33)24-23(17)25(30-16-29-24)31-8-10-32(11-9-31)26(34)21(18-2-4-19(27)5-3-18)15-28-20-6-12-35-13-7-20/h2-5,16-17,20-22,28,33H,6-15H2,1H3/t17-,21-,22+/m1/s1. The first kappa shape index (κ1) is 24.4. The maximum absolute atomic E-state index is 13.7. The fourth-order valence-electron chi connectivity index (χ4n) is 5.54. The highest BCUT2D eigenvalue weighted by Crippen LogP contribution is 2.42. The molecule has 1 aliphatic carbocycles. The second-order valence-corrected chi connectivity index (χ2v) is 10.3. The lowest BCUT2D eigenvalue weighted by Crippen LogP contribution is -2.51. The number of hydrogen-bond donors (Lipinski definition) is 2. The summed E-state index contributed by atoms with van der Waals surface area (Å²) in [5.74, 6) is 1.01. The number of nitrogens with one attached hydrogen (secondary N) is 1. The summed E-state index contributed by atoms with van der Waals surface area (Å²) in [5.41, 5.74) is 2.79. The minimum Gasteiger partial charge on any atom is -0.387 e. The zero-order valence-corrected chi connectivity index (χ0v) is 21.0. The van der Waals surface area contributed by atoms with Gasteiger partial charge < -0.3 is 25.0 Å². The smallest absolute Gasteiger partial charge is 0.231 e. The molecular weight excluding hydrogens is 466 g/mol. The maximum Gasteiger partial charge on any atom is 0.231 e. The molecule has 2 fully saturated rings. The van der Waals surface area contributed by atoms with E-state index in [4.69, 9.17) is 16.3 Å². The molecule has 2 N–H and O–H groups in total. The van der Waals surface area contributed by atoms with Crippen molar-refractivity contribution in [3.63, 3.8) is 0 Å². The third-order valence-corrected chi connectivity index (χ3v) is 7.82. The van der Waals surface area contributed by atoms with Gasteiger partial charge >= 0.3 is 0 Å². The summed E-state index contributed by atoms with van der Waals surface area (Å²) < 4.78 is 5.48. The number of fused-ring (bicyclic) bond motifs is 1. The van der Waals surface area contributed by atoms with Crippen LogP contribution in [0.4, 0.5) is 5.82 Å². The van der Waals surface area contributed by atoms with E-state index in [1.165, 1.54) is 0 Å². The normalized spacial score (nSPS) is 23.9. The van der Waals surface area contributed by atoms with E-state index in [0.29, 0.717) is 50.2 Å². The minimum absolute atomic E-state index is 0.142. The Balaban J connectivity index is 1.27. The summed E-state index contributed by atoms with van der Waals surface area (Å²) in [6.07, 6.45) is 3.65. The number of anilines is 1. The predicted octanol–water partition coefficient (Wildman–Crippen LogP) is 2.87. The van der Waals surface area contributed by atoms with Gasteiger partial charge in [0.2, 0.25) is 5.91 Å². The van der Waals surface area contributed by atoms with E-state index < -0.39 is 6.10 Å². The molecule has 0 bridgehead atoms. The fourth-order valence-corrected chi connectivity index (χ4v) is 5.67. The molecule has 2 aliphatic heterocycles. The molecule has 188 valence electrons. The van der Waals surface area contributed by atoms with Gasteiger partial charge in [-0.15, -0.1) is 0 Å². The molecule has 0 spiro atoms. The van der Waals surface area contributed by atoms with Gasteiger partial charge in [-0.25, -0.2) is 9.97 Å². The Kier molecular flexibility index (Phi) is 7.53. The van der Waals surface area contributed by atoms with E-state index in [1.54, 1.807) is 6.33 Å². The number of benzene rings is 1. The highest BCUT2D eigenvalue weighted by atomic mass is 35.5. The largest absolute Gasteiger partial charge is 0.387 e. The van der Waals surface area contributed by atoms with Gasteiger partial charge in [0.05, 0.1) is 17.7 Å². The van der Waals surface area contributed by atoms with Crippen molar-refractivity contribution in [2.24, 2.45) is 0 Å². The molecular formula is C26H34ClN5O3. The Hall–Kier alpha value is -2.26. The Bertz CT molecular complexity index is 1020. The van der Waals surface area contributed by atoms with Gasteiger partial charge in [-0.3, -0.25) is 4.79 Å². The van der Waals surface area contributed by atoms with E-state index in [1.807, 2.05) is 29.2 Å². The molecule has 3 heterocycles.